The second-order valence-corrected chi connectivity index (χ2v) is 6.17. The SMILES string of the molecule is Cc1ccc(NCC2CC3CCC2C3)c(C(=O)O)c1. The highest BCUT2D eigenvalue weighted by molar-refractivity contribution is 5.94. The first-order valence-electron chi connectivity index (χ1n) is 7.21. The molecule has 2 aliphatic rings. The molecule has 0 aromatic heterocycles. The third-order valence-electron chi connectivity index (χ3n) is 4.84. The minimum absolute atomic E-state index is 0.392. The van der Waals surface area contributed by atoms with Crippen molar-refractivity contribution in [2.75, 3.05) is 11.9 Å². The average Bonchev–Trinajstić information content (AvgIpc) is 2.99. The molecule has 19 heavy (non-hydrogen) atoms. The van der Waals surface area contributed by atoms with E-state index in [0.717, 1.165) is 35.5 Å². The number of carboxylic acid groups (broad SMARTS) is 1. The van der Waals surface area contributed by atoms with E-state index >= 15 is 0 Å². The summed E-state index contributed by atoms with van der Waals surface area (Å²) in [5.74, 6) is 1.70. The van der Waals surface area contributed by atoms with E-state index in [0.29, 0.717) is 5.56 Å². The van der Waals surface area contributed by atoms with Crippen LogP contribution in [0.25, 0.3) is 0 Å². The minimum atomic E-state index is -0.848. The van der Waals surface area contributed by atoms with Crippen LogP contribution in [0.1, 0.15) is 41.6 Å². The molecule has 3 rings (SSSR count). The summed E-state index contributed by atoms with van der Waals surface area (Å²) in [5, 5.41) is 12.6. The van der Waals surface area contributed by atoms with Crippen LogP contribution in [-0.2, 0) is 0 Å². The zero-order valence-electron chi connectivity index (χ0n) is 11.4. The van der Waals surface area contributed by atoms with E-state index < -0.39 is 5.97 Å². The third kappa shape index (κ3) is 2.46. The first kappa shape index (κ1) is 12.5. The fraction of sp³-hybridized carbons (Fsp3) is 0.562. The van der Waals surface area contributed by atoms with Crippen LogP contribution >= 0.6 is 0 Å². The van der Waals surface area contributed by atoms with Crippen molar-refractivity contribution < 1.29 is 9.90 Å². The van der Waals surface area contributed by atoms with Crippen molar-refractivity contribution in [3.05, 3.63) is 29.3 Å². The molecule has 2 bridgehead atoms. The van der Waals surface area contributed by atoms with Crippen molar-refractivity contribution in [3.8, 4) is 0 Å². The lowest BCUT2D eigenvalue weighted by Crippen LogP contribution is -2.21. The molecule has 3 heteroatoms. The first-order chi connectivity index (χ1) is 9.13. The van der Waals surface area contributed by atoms with Gasteiger partial charge in [-0.15, -0.1) is 0 Å². The number of anilines is 1. The molecule has 0 spiro atoms. The molecule has 2 saturated carbocycles. The Morgan fingerprint density at radius 1 is 1.37 bits per heavy atom. The van der Waals surface area contributed by atoms with E-state index in [1.807, 2.05) is 19.1 Å². The Balaban J connectivity index is 1.68. The van der Waals surface area contributed by atoms with E-state index in [1.54, 1.807) is 6.07 Å². The van der Waals surface area contributed by atoms with Gasteiger partial charge in [-0.05, 0) is 56.1 Å². The van der Waals surface area contributed by atoms with Crippen LogP contribution in [0.2, 0.25) is 0 Å². The number of aromatic carboxylic acids is 1. The number of carbonyl (C=O) groups is 1. The molecule has 3 unspecified atom stereocenters. The van der Waals surface area contributed by atoms with Crippen molar-refractivity contribution in [3.63, 3.8) is 0 Å². The van der Waals surface area contributed by atoms with Gasteiger partial charge < -0.3 is 10.4 Å². The van der Waals surface area contributed by atoms with Gasteiger partial charge in [0.1, 0.15) is 0 Å². The quantitative estimate of drug-likeness (QED) is 0.869. The number of hydrogen-bond acceptors (Lipinski definition) is 2. The molecule has 3 nitrogen and oxygen atoms in total. The summed E-state index contributed by atoms with van der Waals surface area (Å²) in [6, 6.07) is 5.60. The van der Waals surface area contributed by atoms with E-state index in [1.165, 1.54) is 25.7 Å². The average molecular weight is 259 g/mol. The molecule has 3 atom stereocenters. The Hall–Kier alpha value is -1.51. The number of fused-ring (bicyclic) bond motifs is 2. The van der Waals surface area contributed by atoms with E-state index in [2.05, 4.69) is 5.32 Å². The lowest BCUT2D eigenvalue weighted by atomic mass is 9.89. The van der Waals surface area contributed by atoms with Crippen LogP contribution < -0.4 is 5.32 Å². The van der Waals surface area contributed by atoms with E-state index in [4.69, 9.17) is 0 Å². The Labute approximate surface area is 114 Å². The van der Waals surface area contributed by atoms with Gasteiger partial charge in [0.2, 0.25) is 0 Å². The second kappa shape index (κ2) is 4.87. The molecular formula is C16H21NO2. The topological polar surface area (TPSA) is 49.3 Å². The van der Waals surface area contributed by atoms with Gasteiger partial charge in [0.05, 0.1) is 5.56 Å². The molecule has 2 aliphatic carbocycles. The van der Waals surface area contributed by atoms with Gasteiger partial charge in [0.15, 0.2) is 0 Å². The van der Waals surface area contributed by atoms with Gasteiger partial charge in [0, 0.05) is 12.2 Å². The van der Waals surface area contributed by atoms with Crippen molar-refractivity contribution >= 4 is 11.7 Å². The monoisotopic (exact) mass is 259 g/mol. The summed E-state index contributed by atoms with van der Waals surface area (Å²) in [4.78, 5) is 11.3. The van der Waals surface area contributed by atoms with Crippen LogP contribution in [-0.4, -0.2) is 17.6 Å². The fourth-order valence-corrected chi connectivity index (χ4v) is 3.86. The van der Waals surface area contributed by atoms with Gasteiger partial charge in [-0.3, -0.25) is 0 Å². The maximum Gasteiger partial charge on any atom is 0.337 e. The van der Waals surface area contributed by atoms with E-state index in [-0.39, 0.29) is 0 Å². The van der Waals surface area contributed by atoms with Gasteiger partial charge in [-0.1, -0.05) is 18.1 Å². The molecule has 102 valence electrons. The lowest BCUT2D eigenvalue weighted by molar-refractivity contribution is 0.0698. The Kier molecular flexibility index (Phi) is 3.21. The summed E-state index contributed by atoms with van der Waals surface area (Å²) in [6.07, 6.45) is 5.50. The van der Waals surface area contributed by atoms with Gasteiger partial charge >= 0.3 is 5.97 Å². The van der Waals surface area contributed by atoms with Crippen LogP contribution in [0.15, 0.2) is 18.2 Å². The number of hydrogen-bond donors (Lipinski definition) is 2. The first-order valence-corrected chi connectivity index (χ1v) is 7.21. The van der Waals surface area contributed by atoms with Crippen molar-refractivity contribution in [2.45, 2.75) is 32.6 Å². The lowest BCUT2D eigenvalue weighted by Gasteiger charge is -2.23. The summed E-state index contributed by atoms with van der Waals surface area (Å²) in [6.45, 7) is 2.84. The fourth-order valence-electron chi connectivity index (χ4n) is 3.86. The number of nitrogens with one attached hydrogen (secondary N) is 1. The van der Waals surface area contributed by atoms with E-state index in [9.17, 15) is 9.90 Å². The highest BCUT2D eigenvalue weighted by Crippen LogP contribution is 2.48. The Morgan fingerprint density at radius 3 is 2.84 bits per heavy atom. The van der Waals surface area contributed by atoms with Crippen molar-refractivity contribution in [1.29, 1.82) is 0 Å². The smallest absolute Gasteiger partial charge is 0.337 e. The third-order valence-corrected chi connectivity index (χ3v) is 4.84. The van der Waals surface area contributed by atoms with Crippen LogP contribution in [0.3, 0.4) is 0 Å². The molecule has 2 fully saturated rings. The zero-order chi connectivity index (χ0) is 13.4. The van der Waals surface area contributed by atoms with Crippen molar-refractivity contribution in [1.82, 2.24) is 0 Å². The molecular weight excluding hydrogens is 238 g/mol. The van der Waals surface area contributed by atoms with Crippen LogP contribution in [0.5, 0.6) is 0 Å². The van der Waals surface area contributed by atoms with Crippen molar-refractivity contribution in [2.24, 2.45) is 17.8 Å². The van der Waals surface area contributed by atoms with Gasteiger partial charge in [-0.25, -0.2) is 4.79 Å². The summed E-state index contributed by atoms with van der Waals surface area (Å²) >= 11 is 0. The molecule has 0 heterocycles. The Bertz CT molecular complexity index is 498. The zero-order valence-corrected chi connectivity index (χ0v) is 11.4. The summed E-state index contributed by atoms with van der Waals surface area (Å²) < 4.78 is 0. The summed E-state index contributed by atoms with van der Waals surface area (Å²) in [5.41, 5.74) is 2.15. The molecule has 1 aromatic carbocycles. The molecule has 0 saturated heterocycles. The maximum atomic E-state index is 11.3. The molecule has 0 radical (unpaired) electrons. The highest BCUT2D eigenvalue weighted by Gasteiger charge is 2.39. The largest absolute Gasteiger partial charge is 0.478 e. The molecule has 1 aromatic rings. The normalized spacial score (nSPS) is 28.6. The minimum Gasteiger partial charge on any atom is -0.478 e. The van der Waals surface area contributed by atoms with Gasteiger partial charge in [0.25, 0.3) is 0 Å². The predicted octanol–water partition coefficient (Wildman–Crippen LogP) is 3.54. The second-order valence-electron chi connectivity index (χ2n) is 6.17. The number of rotatable bonds is 4. The maximum absolute atomic E-state index is 11.3. The molecule has 0 amide bonds. The number of aryl methyl sites for hydroxylation is 1. The number of carboxylic acids is 1. The van der Waals surface area contributed by atoms with Crippen LogP contribution in [0.4, 0.5) is 5.69 Å². The van der Waals surface area contributed by atoms with Crippen LogP contribution in [0, 0.1) is 24.7 Å². The van der Waals surface area contributed by atoms with Gasteiger partial charge in [-0.2, -0.15) is 0 Å². The Morgan fingerprint density at radius 2 is 2.21 bits per heavy atom. The molecule has 2 N–H and O–H groups in total. The molecule has 0 aliphatic heterocycles. The predicted molar refractivity (Wildman–Crippen MR) is 75.6 cm³/mol. The standard InChI is InChI=1S/C16H21NO2/c1-10-2-5-15(14(6-10)16(18)19)17-9-13-8-11-3-4-12(13)7-11/h2,5-6,11-13,17H,3-4,7-9H2,1H3,(H,18,19). The number of benzene rings is 1. The highest BCUT2D eigenvalue weighted by atomic mass is 16.4. The summed E-state index contributed by atoms with van der Waals surface area (Å²) in [7, 11) is 0.